The van der Waals surface area contributed by atoms with Crippen LogP contribution in [0.15, 0.2) is 41.0 Å². The van der Waals surface area contributed by atoms with Crippen LogP contribution in [0.3, 0.4) is 0 Å². The Balaban J connectivity index is 1.40. The van der Waals surface area contributed by atoms with Gasteiger partial charge in [-0.1, -0.05) is 29.4 Å². The Morgan fingerprint density at radius 1 is 1.23 bits per heavy atom. The molecule has 1 saturated heterocycles. The molecule has 0 bridgehead atoms. The molecule has 3 heterocycles. The highest BCUT2D eigenvalue weighted by Crippen LogP contribution is 2.31. The van der Waals surface area contributed by atoms with Gasteiger partial charge in [-0.05, 0) is 55.0 Å². The molecule has 0 N–H and O–H groups in total. The maximum atomic E-state index is 13.4. The highest BCUT2D eigenvalue weighted by atomic mass is 16.6. The minimum absolute atomic E-state index is 0.0583. The van der Waals surface area contributed by atoms with Crippen molar-refractivity contribution in [2.75, 3.05) is 26.7 Å². The van der Waals surface area contributed by atoms with Crippen molar-refractivity contribution >= 4 is 11.8 Å². The molecule has 0 radical (unpaired) electrons. The predicted octanol–water partition coefficient (Wildman–Crippen LogP) is 2.84. The lowest BCUT2D eigenvalue weighted by Crippen LogP contribution is -2.44. The van der Waals surface area contributed by atoms with E-state index in [9.17, 15) is 9.59 Å². The second kappa shape index (κ2) is 9.32. The molecule has 0 saturated carbocycles. The van der Waals surface area contributed by atoms with E-state index in [1.54, 1.807) is 18.9 Å². The molecule has 0 unspecified atom stereocenters. The van der Waals surface area contributed by atoms with Crippen LogP contribution in [-0.2, 0) is 11.3 Å². The summed E-state index contributed by atoms with van der Waals surface area (Å²) in [5.74, 6) is 1.03. The number of carbonyl (C=O) groups excluding carboxylic acids is 2. The Labute approximate surface area is 181 Å². The van der Waals surface area contributed by atoms with Crippen molar-refractivity contribution in [2.45, 2.75) is 32.7 Å². The number of hydrogen-bond donors (Lipinski definition) is 0. The Hall–Kier alpha value is -3.16. The zero-order chi connectivity index (χ0) is 21.8. The summed E-state index contributed by atoms with van der Waals surface area (Å²) in [4.78, 5) is 29.8. The van der Waals surface area contributed by atoms with Crippen molar-refractivity contribution in [1.29, 1.82) is 0 Å². The molecule has 0 spiro atoms. The van der Waals surface area contributed by atoms with Crippen LogP contribution in [0.25, 0.3) is 0 Å². The molecule has 2 amide bonds. The van der Waals surface area contributed by atoms with E-state index < -0.39 is 0 Å². The number of carbonyl (C=O) groups is 2. The predicted molar refractivity (Wildman–Crippen MR) is 113 cm³/mol. The highest BCUT2D eigenvalue weighted by molar-refractivity contribution is 5.93. The molecule has 8 nitrogen and oxygen atoms in total. The summed E-state index contributed by atoms with van der Waals surface area (Å²) in [5.41, 5.74) is 1.83. The third-order valence-electron chi connectivity index (χ3n) is 6.27. The lowest BCUT2D eigenvalue weighted by molar-refractivity contribution is -0.137. The number of piperidine rings is 1. The standard InChI is InChI=1S/C23H28N4O4/c1-16-21(25-31-24-16)23(29)26-12-9-18(10-13-26)20-8-3-4-11-27(22(20)28)15-17-6-5-7-19(14-17)30-2/h3-7,14,18,20H,8-13,15H2,1-2H3/t20-/m0/s1. The Kier molecular flexibility index (Phi) is 6.34. The van der Waals surface area contributed by atoms with Gasteiger partial charge in [0.25, 0.3) is 5.91 Å². The largest absolute Gasteiger partial charge is 0.497 e. The normalized spacial score (nSPS) is 20.1. The van der Waals surface area contributed by atoms with Gasteiger partial charge in [-0.2, -0.15) is 0 Å². The molecule has 8 heteroatoms. The van der Waals surface area contributed by atoms with Crippen molar-refractivity contribution < 1.29 is 19.0 Å². The molecule has 2 aromatic rings. The zero-order valence-electron chi connectivity index (χ0n) is 18.0. The van der Waals surface area contributed by atoms with Gasteiger partial charge in [0.15, 0.2) is 5.69 Å². The molecule has 1 fully saturated rings. The fraction of sp³-hybridized carbons (Fsp3) is 0.478. The number of ether oxygens (including phenoxy) is 1. The van der Waals surface area contributed by atoms with Crippen LogP contribution in [0.5, 0.6) is 5.75 Å². The smallest absolute Gasteiger partial charge is 0.278 e. The molecule has 1 aromatic heterocycles. The van der Waals surface area contributed by atoms with E-state index in [1.165, 1.54) is 0 Å². The first-order chi connectivity index (χ1) is 15.1. The Bertz CT molecular complexity index is 962. The zero-order valence-corrected chi connectivity index (χ0v) is 18.0. The number of methoxy groups -OCH3 is 1. The van der Waals surface area contributed by atoms with E-state index in [0.717, 1.165) is 30.6 Å². The maximum Gasteiger partial charge on any atom is 0.278 e. The van der Waals surface area contributed by atoms with Crippen molar-refractivity contribution in [3.63, 3.8) is 0 Å². The molecule has 1 aromatic carbocycles. The van der Waals surface area contributed by atoms with Crippen molar-refractivity contribution in [3.05, 3.63) is 53.4 Å². The second-order valence-corrected chi connectivity index (χ2v) is 8.21. The SMILES string of the molecule is COc1cccc(CN2CC=CC[C@@H](C3CCN(C(=O)c4nonc4C)CC3)C2=O)c1. The summed E-state index contributed by atoms with van der Waals surface area (Å²) in [7, 11) is 1.65. The Morgan fingerprint density at radius 3 is 2.74 bits per heavy atom. The average molecular weight is 425 g/mol. The molecule has 164 valence electrons. The van der Waals surface area contributed by atoms with Crippen molar-refractivity contribution in [2.24, 2.45) is 11.8 Å². The Morgan fingerprint density at radius 2 is 2.03 bits per heavy atom. The maximum absolute atomic E-state index is 13.4. The van der Waals surface area contributed by atoms with E-state index in [1.807, 2.05) is 29.2 Å². The monoisotopic (exact) mass is 424 g/mol. The molecule has 4 rings (SSSR count). The number of likely N-dealkylation sites (tertiary alicyclic amines) is 1. The van der Waals surface area contributed by atoms with Gasteiger partial charge in [0.05, 0.1) is 7.11 Å². The number of aromatic nitrogens is 2. The minimum atomic E-state index is -0.149. The minimum Gasteiger partial charge on any atom is -0.497 e. The molecular formula is C23H28N4O4. The van der Waals surface area contributed by atoms with Gasteiger partial charge in [0, 0.05) is 32.1 Å². The lowest BCUT2D eigenvalue weighted by atomic mass is 9.81. The fourth-order valence-electron chi connectivity index (χ4n) is 4.48. The van der Waals surface area contributed by atoms with E-state index >= 15 is 0 Å². The van der Waals surface area contributed by atoms with Gasteiger partial charge < -0.3 is 14.5 Å². The van der Waals surface area contributed by atoms with E-state index in [0.29, 0.717) is 31.9 Å². The van der Waals surface area contributed by atoms with Crippen molar-refractivity contribution in [1.82, 2.24) is 20.1 Å². The van der Waals surface area contributed by atoms with Crippen molar-refractivity contribution in [3.8, 4) is 5.75 Å². The summed E-state index contributed by atoms with van der Waals surface area (Å²) < 4.78 is 9.97. The van der Waals surface area contributed by atoms with Gasteiger partial charge in [0.1, 0.15) is 11.4 Å². The summed E-state index contributed by atoms with van der Waals surface area (Å²) >= 11 is 0. The van der Waals surface area contributed by atoms with Crippen LogP contribution in [0.1, 0.15) is 41.0 Å². The number of amides is 2. The molecule has 2 aliphatic rings. The third kappa shape index (κ3) is 4.62. The number of allylic oxidation sites excluding steroid dienone is 1. The number of rotatable bonds is 5. The average Bonchev–Trinajstić information content (AvgIpc) is 3.15. The summed E-state index contributed by atoms with van der Waals surface area (Å²) in [6, 6.07) is 7.84. The van der Waals surface area contributed by atoms with Gasteiger partial charge in [-0.15, -0.1) is 0 Å². The number of nitrogens with zero attached hydrogens (tertiary/aromatic N) is 4. The van der Waals surface area contributed by atoms with E-state index in [-0.39, 0.29) is 29.3 Å². The molecule has 31 heavy (non-hydrogen) atoms. The summed E-state index contributed by atoms with van der Waals surface area (Å²) in [6.45, 7) is 4.11. The number of hydrogen-bond acceptors (Lipinski definition) is 6. The van der Waals surface area contributed by atoms with Crippen LogP contribution < -0.4 is 4.74 Å². The number of benzene rings is 1. The van der Waals surface area contributed by atoms with Crippen LogP contribution >= 0.6 is 0 Å². The van der Waals surface area contributed by atoms with Gasteiger partial charge in [0.2, 0.25) is 5.91 Å². The van der Waals surface area contributed by atoms with E-state index in [2.05, 4.69) is 27.1 Å². The number of aryl methyl sites for hydroxylation is 1. The molecule has 2 aliphatic heterocycles. The van der Waals surface area contributed by atoms with Gasteiger partial charge >= 0.3 is 0 Å². The third-order valence-corrected chi connectivity index (χ3v) is 6.27. The van der Waals surface area contributed by atoms with Gasteiger partial charge in [-0.3, -0.25) is 9.59 Å². The van der Waals surface area contributed by atoms with Crippen LogP contribution in [-0.4, -0.2) is 58.7 Å². The van der Waals surface area contributed by atoms with Gasteiger partial charge in [-0.25, -0.2) is 4.63 Å². The summed E-state index contributed by atoms with van der Waals surface area (Å²) in [6.07, 6.45) is 6.55. The topological polar surface area (TPSA) is 88.8 Å². The molecule has 0 aliphatic carbocycles. The van der Waals surface area contributed by atoms with Crippen LogP contribution in [0, 0.1) is 18.8 Å². The first kappa shape index (κ1) is 21.1. The lowest BCUT2D eigenvalue weighted by Gasteiger charge is -2.36. The highest BCUT2D eigenvalue weighted by Gasteiger charge is 2.35. The van der Waals surface area contributed by atoms with Crippen LogP contribution in [0.4, 0.5) is 0 Å². The first-order valence-electron chi connectivity index (χ1n) is 10.7. The summed E-state index contributed by atoms with van der Waals surface area (Å²) in [5, 5.41) is 7.43. The molecular weight excluding hydrogens is 396 g/mol. The van der Waals surface area contributed by atoms with E-state index in [4.69, 9.17) is 4.74 Å². The van der Waals surface area contributed by atoms with Crippen LogP contribution in [0.2, 0.25) is 0 Å². The second-order valence-electron chi connectivity index (χ2n) is 8.21. The quantitative estimate of drug-likeness (QED) is 0.686. The fourth-order valence-corrected chi connectivity index (χ4v) is 4.48. The first-order valence-corrected chi connectivity index (χ1v) is 10.7. The molecule has 1 atom stereocenters.